The van der Waals surface area contributed by atoms with Gasteiger partial charge in [0.15, 0.2) is 0 Å². The molecule has 0 N–H and O–H groups in total. The third-order valence-corrected chi connectivity index (χ3v) is 7.11. The average molecular weight is 494 g/mol. The van der Waals surface area contributed by atoms with Crippen LogP contribution >= 0.6 is 0 Å². The normalized spacial score (nSPS) is 18.1. The van der Waals surface area contributed by atoms with E-state index >= 15 is 4.39 Å². The van der Waals surface area contributed by atoms with E-state index in [2.05, 4.69) is 14.9 Å². The van der Waals surface area contributed by atoms with Crippen LogP contribution in [0.4, 0.5) is 4.39 Å². The van der Waals surface area contributed by atoms with Crippen LogP contribution < -0.4 is 10.4 Å². The Morgan fingerprint density at radius 3 is 2.69 bits per heavy atom. The number of pyridine rings is 2. The van der Waals surface area contributed by atoms with E-state index in [1.54, 1.807) is 43.3 Å². The van der Waals surface area contributed by atoms with Gasteiger partial charge in [-0.15, -0.1) is 0 Å². The number of benzene rings is 1. The van der Waals surface area contributed by atoms with Crippen molar-refractivity contribution in [2.75, 3.05) is 34.4 Å². The Kier molecular flexibility index (Phi) is 6.77. The summed E-state index contributed by atoms with van der Waals surface area (Å²) in [5.41, 5.74) is 2.97. The predicted molar refractivity (Wildman–Crippen MR) is 138 cm³/mol. The van der Waals surface area contributed by atoms with Crippen molar-refractivity contribution in [3.05, 3.63) is 53.0 Å². The Morgan fingerprint density at radius 2 is 2.00 bits per heavy atom. The SMILES string of the molecule is COC1CCC(n2c(=O)n(C)c3cnc4cc(F)c(-c5ccc(OCCCN(C)C)nc5)cc4c32)C1. The Bertz CT molecular complexity index is 1440. The Balaban J connectivity index is 1.54. The zero-order chi connectivity index (χ0) is 25.4. The number of methoxy groups -OCH3 is 1. The maximum atomic E-state index is 15.2. The van der Waals surface area contributed by atoms with E-state index in [9.17, 15) is 4.79 Å². The molecule has 1 aromatic carbocycles. The lowest BCUT2D eigenvalue weighted by Gasteiger charge is -2.14. The van der Waals surface area contributed by atoms with Crippen LogP contribution in [0.2, 0.25) is 0 Å². The second kappa shape index (κ2) is 9.99. The summed E-state index contributed by atoms with van der Waals surface area (Å²) in [4.78, 5) is 24.2. The van der Waals surface area contributed by atoms with Crippen molar-refractivity contribution in [3.63, 3.8) is 0 Å². The van der Waals surface area contributed by atoms with Gasteiger partial charge in [0.2, 0.25) is 5.88 Å². The molecule has 0 spiro atoms. The van der Waals surface area contributed by atoms with E-state index in [0.717, 1.165) is 48.6 Å². The van der Waals surface area contributed by atoms with Crippen molar-refractivity contribution in [1.29, 1.82) is 0 Å². The van der Waals surface area contributed by atoms with Crippen molar-refractivity contribution < 1.29 is 13.9 Å². The molecule has 0 radical (unpaired) electrons. The monoisotopic (exact) mass is 493 g/mol. The lowest BCUT2D eigenvalue weighted by atomic mass is 10.0. The molecule has 5 rings (SSSR count). The number of imidazole rings is 1. The molecule has 3 heterocycles. The van der Waals surface area contributed by atoms with Crippen LogP contribution in [0.1, 0.15) is 31.7 Å². The van der Waals surface area contributed by atoms with Crippen LogP contribution in [-0.4, -0.2) is 64.5 Å². The van der Waals surface area contributed by atoms with Crippen molar-refractivity contribution >= 4 is 21.9 Å². The first-order chi connectivity index (χ1) is 17.4. The number of rotatable bonds is 8. The van der Waals surface area contributed by atoms with Gasteiger partial charge in [0, 0.05) is 61.6 Å². The molecule has 0 aliphatic heterocycles. The number of nitrogens with zero attached hydrogens (tertiary/aromatic N) is 5. The summed E-state index contributed by atoms with van der Waals surface area (Å²) in [6.45, 7) is 1.50. The summed E-state index contributed by atoms with van der Waals surface area (Å²) in [5.74, 6) is 0.120. The molecule has 1 saturated carbocycles. The molecule has 0 amide bonds. The van der Waals surface area contributed by atoms with E-state index in [4.69, 9.17) is 9.47 Å². The third kappa shape index (κ3) is 4.49. The van der Waals surface area contributed by atoms with E-state index in [0.29, 0.717) is 29.1 Å². The Labute approximate surface area is 209 Å². The Hall–Kier alpha value is -3.30. The van der Waals surface area contributed by atoms with E-state index in [1.165, 1.54) is 6.07 Å². The number of hydrogen-bond acceptors (Lipinski definition) is 6. The minimum Gasteiger partial charge on any atom is -0.478 e. The van der Waals surface area contributed by atoms with Gasteiger partial charge in [-0.1, -0.05) is 0 Å². The highest BCUT2D eigenvalue weighted by Crippen LogP contribution is 2.36. The molecule has 4 aromatic rings. The van der Waals surface area contributed by atoms with Gasteiger partial charge in [0.1, 0.15) is 5.82 Å². The topological polar surface area (TPSA) is 74.4 Å². The van der Waals surface area contributed by atoms with E-state index < -0.39 is 0 Å². The van der Waals surface area contributed by atoms with Crippen LogP contribution in [0.25, 0.3) is 33.1 Å². The molecule has 190 valence electrons. The van der Waals surface area contributed by atoms with E-state index in [-0.39, 0.29) is 23.7 Å². The van der Waals surface area contributed by atoms with E-state index in [1.807, 2.05) is 24.7 Å². The first kappa shape index (κ1) is 24.4. The number of hydrogen-bond donors (Lipinski definition) is 0. The lowest BCUT2D eigenvalue weighted by molar-refractivity contribution is 0.106. The fourth-order valence-corrected chi connectivity index (χ4v) is 5.16. The molecule has 8 nitrogen and oxygen atoms in total. The predicted octanol–water partition coefficient (Wildman–Crippen LogP) is 4.16. The second-order valence-electron chi connectivity index (χ2n) is 9.77. The molecule has 3 aromatic heterocycles. The van der Waals surface area contributed by atoms with Crippen LogP contribution in [0.5, 0.6) is 5.88 Å². The number of ether oxygens (including phenoxy) is 2. The van der Waals surface area contributed by atoms with Gasteiger partial charge in [-0.25, -0.2) is 14.2 Å². The largest absolute Gasteiger partial charge is 0.478 e. The molecule has 9 heteroatoms. The van der Waals surface area contributed by atoms with Crippen LogP contribution in [0.15, 0.2) is 41.5 Å². The van der Waals surface area contributed by atoms with Gasteiger partial charge in [-0.3, -0.25) is 14.1 Å². The molecule has 2 unspecified atom stereocenters. The number of halogens is 1. The highest BCUT2D eigenvalue weighted by atomic mass is 19.1. The molecular formula is C27H32FN5O3. The fourth-order valence-electron chi connectivity index (χ4n) is 5.16. The number of aromatic nitrogens is 4. The smallest absolute Gasteiger partial charge is 0.329 e. The summed E-state index contributed by atoms with van der Waals surface area (Å²) in [5, 5.41) is 0.742. The van der Waals surface area contributed by atoms with Gasteiger partial charge in [-0.2, -0.15) is 0 Å². The van der Waals surface area contributed by atoms with Gasteiger partial charge in [0.25, 0.3) is 0 Å². The first-order valence-electron chi connectivity index (χ1n) is 12.3. The van der Waals surface area contributed by atoms with Crippen molar-refractivity contribution in [2.45, 2.75) is 37.8 Å². The van der Waals surface area contributed by atoms with Crippen molar-refractivity contribution in [3.8, 4) is 17.0 Å². The summed E-state index contributed by atoms with van der Waals surface area (Å²) in [7, 11) is 7.51. The van der Waals surface area contributed by atoms with Crippen molar-refractivity contribution in [1.82, 2.24) is 24.0 Å². The standard InChI is InChI=1S/C27H32FN5O3/c1-31(2)10-5-11-36-25-9-6-17(15-30-25)20-13-21-23(14-22(20)28)29-16-24-26(21)33(27(34)32(24)3)18-7-8-19(12-18)35-4/h6,9,13-16,18-19H,5,7-8,10-12H2,1-4H3. The third-order valence-electron chi connectivity index (χ3n) is 7.11. The van der Waals surface area contributed by atoms with Gasteiger partial charge >= 0.3 is 5.69 Å². The Morgan fingerprint density at radius 1 is 1.17 bits per heavy atom. The van der Waals surface area contributed by atoms with Crippen molar-refractivity contribution in [2.24, 2.45) is 7.05 Å². The molecule has 1 aliphatic rings. The summed E-state index contributed by atoms with van der Waals surface area (Å²) >= 11 is 0. The minimum absolute atomic E-state index is 0.0239. The highest BCUT2D eigenvalue weighted by molar-refractivity contribution is 6.04. The molecule has 1 fully saturated rings. The quantitative estimate of drug-likeness (QED) is 0.343. The molecule has 0 saturated heterocycles. The molecule has 0 bridgehead atoms. The summed E-state index contributed by atoms with van der Waals surface area (Å²) < 4.78 is 30.0. The molecule has 1 aliphatic carbocycles. The lowest BCUT2D eigenvalue weighted by Crippen LogP contribution is -2.25. The molecule has 36 heavy (non-hydrogen) atoms. The van der Waals surface area contributed by atoms with Crippen LogP contribution in [0, 0.1) is 5.82 Å². The zero-order valence-corrected chi connectivity index (χ0v) is 21.2. The fraction of sp³-hybridized carbons (Fsp3) is 0.444. The number of aryl methyl sites for hydroxylation is 1. The first-order valence-corrected chi connectivity index (χ1v) is 12.3. The highest BCUT2D eigenvalue weighted by Gasteiger charge is 2.30. The van der Waals surface area contributed by atoms with Gasteiger partial charge in [-0.05, 0) is 51.9 Å². The summed E-state index contributed by atoms with van der Waals surface area (Å²) in [6, 6.07) is 6.81. The van der Waals surface area contributed by atoms with Crippen LogP contribution in [0.3, 0.4) is 0 Å². The summed E-state index contributed by atoms with van der Waals surface area (Å²) in [6.07, 6.45) is 6.83. The second-order valence-corrected chi connectivity index (χ2v) is 9.77. The van der Waals surface area contributed by atoms with Gasteiger partial charge in [0.05, 0.1) is 35.5 Å². The molecule has 2 atom stereocenters. The maximum absolute atomic E-state index is 15.2. The maximum Gasteiger partial charge on any atom is 0.329 e. The average Bonchev–Trinajstić information content (AvgIpc) is 3.44. The van der Waals surface area contributed by atoms with Crippen LogP contribution in [-0.2, 0) is 11.8 Å². The minimum atomic E-state index is -0.388. The number of fused-ring (bicyclic) bond motifs is 3. The zero-order valence-electron chi connectivity index (χ0n) is 21.2. The molecular weight excluding hydrogens is 461 g/mol. The van der Waals surface area contributed by atoms with Gasteiger partial charge < -0.3 is 14.4 Å².